The quantitative estimate of drug-likeness (QED) is 0.658. The zero-order chi connectivity index (χ0) is 22.0. The lowest BCUT2D eigenvalue weighted by atomic mass is 10.1. The van der Waals surface area contributed by atoms with Crippen molar-refractivity contribution in [1.29, 1.82) is 0 Å². The summed E-state index contributed by atoms with van der Waals surface area (Å²) in [7, 11) is 0. The van der Waals surface area contributed by atoms with E-state index in [1.807, 2.05) is 48.5 Å². The van der Waals surface area contributed by atoms with Gasteiger partial charge >= 0.3 is 0 Å². The summed E-state index contributed by atoms with van der Waals surface area (Å²) in [5.41, 5.74) is 7.97. The first-order chi connectivity index (χ1) is 14.9. The Morgan fingerprint density at radius 1 is 1.16 bits per heavy atom. The summed E-state index contributed by atoms with van der Waals surface area (Å²) in [6.45, 7) is 1.79. The first kappa shape index (κ1) is 21.5. The molecule has 2 heterocycles. The fourth-order valence-electron chi connectivity index (χ4n) is 4.35. The Morgan fingerprint density at radius 3 is 2.74 bits per heavy atom. The molecule has 2 aromatic carbocycles. The number of nitrogens with zero attached hydrogens (tertiary/aromatic N) is 2. The number of rotatable bonds is 6. The first-order valence-electron chi connectivity index (χ1n) is 10.4. The van der Waals surface area contributed by atoms with Crippen molar-refractivity contribution in [2.24, 2.45) is 11.7 Å². The van der Waals surface area contributed by atoms with E-state index >= 15 is 0 Å². The molecule has 7 nitrogen and oxygen atoms in total. The maximum atomic E-state index is 12.8. The molecule has 4 rings (SSSR count). The predicted octanol–water partition coefficient (Wildman–Crippen LogP) is 2.89. The molecule has 2 aromatic rings. The van der Waals surface area contributed by atoms with Crippen LogP contribution in [0.2, 0.25) is 0 Å². The van der Waals surface area contributed by atoms with Crippen LogP contribution in [0, 0.1) is 5.92 Å². The van der Waals surface area contributed by atoms with Crippen LogP contribution in [0.15, 0.2) is 53.0 Å². The highest BCUT2D eigenvalue weighted by atomic mass is 79.9. The van der Waals surface area contributed by atoms with Crippen LogP contribution in [0.4, 0.5) is 11.4 Å². The third kappa shape index (κ3) is 4.80. The van der Waals surface area contributed by atoms with E-state index in [1.165, 1.54) is 0 Å². The van der Waals surface area contributed by atoms with Crippen molar-refractivity contribution < 1.29 is 14.4 Å². The van der Waals surface area contributed by atoms with Crippen molar-refractivity contribution in [3.63, 3.8) is 0 Å². The zero-order valence-electron chi connectivity index (χ0n) is 17.1. The van der Waals surface area contributed by atoms with Crippen molar-refractivity contribution in [2.75, 3.05) is 23.3 Å². The molecule has 2 aliphatic rings. The maximum Gasteiger partial charge on any atom is 0.234 e. The SMILES string of the molecule is NC(=O)C1CCCN1Cc1cccc(NC(=O)C2CC(=O)N(c3ccccc3Br)C2)c1. The standard InChI is InChI=1S/C23H25BrN4O3/c24-18-7-1-2-8-19(18)28-14-16(12-21(28)29)23(31)26-17-6-3-5-15(11-17)13-27-10-4-9-20(27)22(25)30/h1-3,5-8,11,16,20H,4,9-10,12-14H2,(H2,25,30)(H,26,31). The van der Waals surface area contributed by atoms with E-state index in [1.54, 1.807) is 4.90 Å². The Bertz CT molecular complexity index is 1010. The molecule has 3 N–H and O–H groups in total. The number of para-hydroxylation sites is 1. The molecule has 0 aromatic heterocycles. The van der Waals surface area contributed by atoms with Gasteiger partial charge in [-0.05, 0) is 65.1 Å². The second-order valence-electron chi connectivity index (χ2n) is 8.08. The average Bonchev–Trinajstić information content (AvgIpc) is 3.35. The number of likely N-dealkylation sites (tertiary alicyclic amines) is 1. The second kappa shape index (κ2) is 9.20. The van der Waals surface area contributed by atoms with E-state index in [9.17, 15) is 14.4 Å². The third-order valence-electron chi connectivity index (χ3n) is 5.91. The summed E-state index contributed by atoms with van der Waals surface area (Å²) >= 11 is 3.47. The number of amides is 3. The Kier molecular flexibility index (Phi) is 6.38. The molecule has 0 spiro atoms. The second-order valence-corrected chi connectivity index (χ2v) is 8.93. The number of halogens is 1. The summed E-state index contributed by atoms with van der Waals surface area (Å²) in [6, 6.07) is 14.9. The van der Waals surface area contributed by atoms with Gasteiger partial charge in [0, 0.05) is 29.7 Å². The molecule has 162 valence electrons. The monoisotopic (exact) mass is 484 g/mol. The van der Waals surface area contributed by atoms with Gasteiger partial charge in [-0.3, -0.25) is 19.3 Å². The Balaban J connectivity index is 1.40. The van der Waals surface area contributed by atoms with Crippen molar-refractivity contribution in [1.82, 2.24) is 4.90 Å². The topological polar surface area (TPSA) is 95.7 Å². The van der Waals surface area contributed by atoms with E-state index in [2.05, 4.69) is 26.1 Å². The Labute approximate surface area is 189 Å². The molecule has 2 fully saturated rings. The number of carbonyl (C=O) groups excluding carboxylic acids is 3. The molecular formula is C23H25BrN4O3. The normalized spacial score (nSPS) is 21.5. The fourth-order valence-corrected chi connectivity index (χ4v) is 4.85. The number of carbonyl (C=O) groups is 3. The maximum absolute atomic E-state index is 12.8. The number of hydrogen-bond donors (Lipinski definition) is 2. The summed E-state index contributed by atoms with van der Waals surface area (Å²) in [4.78, 5) is 40.7. The fraction of sp³-hybridized carbons (Fsp3) is 0.348. The lowest BCUT2D eigenvalue weighted by Crippen LogP contribution is -2.39. The highest BCUT2D eigenvalue weighted by Gasteiger charge is 2.36. The predicted molar refractivity (Wildman–Crippen MR) is 122 cm³/mol. The van der Waals surface area contributed by atoms with Gasteiger partial charge in [-0.25, -0.2) is 0 Å². The van der Waals surface area contributed by atoms with Crippen LogP contribution in [0.1, 0.15) is 24.8 Å². The lowest BCUT2D eigenvalue weighted by molar-refractivity contribution is -0.122. The molecule has 0 bridgehead atoms. The highest BCUT2D eigenvalue weighted by molar-refractivity contribution is 9.10. The van der Waals surface area contributed by atoms with Crippen molar-refractivity contribution in [2.45, 2.75) is 31.8 Å². The molecular weight excluding hydrogens is 460 g/mol. The van der Waals surface area contributed by atoms with Crippen LogP contribution in [0.25, 0.3) is 0 Å². The van der Waals surface area contributed by atoms with Crippen molar-refractivity contribution >= 4 is 45.0 Å². The van der Waals surface area contributed by atoms with Crippen LogP contribution in [0.5, 0.6) is 0 Å². The molecule has 0 aliphatic carbocycles. The number of benzene rings is 2. The van der Waals surface area contributed by atoms with Gasteiger partial charge < -0.3 is 16.0 Å². The van der Waals surface area contributed by atoms with Gasteiger partial charge in [0.2, 0.25) is 17.7 Å². The number of nitrogens with one attached hydrogen (secondary N) is 1. The van der Waals surface area contributed by atoms with Gasteiger partial charge in [-0.2, -0.15) is 0 Å². The molecule has 3 amide bonds. The molecule has 0 saturated carbocycles. The minimum Gasteiger partial charge on any atom is -0.368 e. The van der Waals surface area contributed by atoms with Crippen LogP contribution in [-0.4, -0.2) is 41.8 Å². The van der Waals surface area contributed by atoms with Gasteiger partial charge in [-0.1, -0.05) is 24.3 Å². The van der Waals surface area contributed by atoms with E-state index in [-0.39, 0.29) is 30.2 Å². The van der Waals surface area contributed by atoms with Gasteiger partial charge in [0.05, 0.1) is 17.6 Å². The summed E-state index contributed by atoms with van der Waals surface area (Å²) in [6.07, 6.45) is 1.92. The number of hydrogen-bond acceptors (Lipinski definition) is 4. The molecule has 31 heavy (non-hydrogen) atoms. The summed E-state index contributed by atoms with van der Waals surface area (Å²) < 4.78 is 0.827. The Morgan fingerprint density at radius 2 is 1.97 bits per heavy atom. The number of primary amides is 1. The van der Waals surface area contributed by atoms with E-state index < -0.39 is 5.92 Å². The van der Waals surface area contributed by atoms with Crippen molar-refractivity contribution in [3.8, 4) is 0 Å². The minimum atomic E-state index is -0.416. The molecule has 2 unspecified atom stereocenters. The average molecular weight is 485 g/mol. The number of nitrogens with two attached hydrogens (primary N) is 1. The first-order valence-corrected chi connectivity index (χ1v) is 11.2. The van der Waals surface area contributed by atoms with Crippen LogP contribution in [-0.2, 0) is 20.9 Å². The third-order valence-corrected chi connectivity index (χ3v) is 6.58. The number of anilines is 2. The van der Waals surface area contributed by atoms with Gasteiger partial charge in [0.1, 0.15) is 0 Å². The molecule has 2 atom stereocenters. The van der Waals surface area contributed by atoms with Gasteiger partial charge in [-0.15, -0.1) is 0 Å². The highest BCUT2D eigenvalue weighted by Crippen LogP contribution is 2.31. The minimum absolute atomic E-state index is 0.0627. The van der Waals surface area contributed by atoms with E-state index in [0.29, 0.717) is 18.8 Å². The van der Waals surface area contributed by atoms with Crippen LogP contribution >= 0.6 is 15.9 Å². The summed E-state index contributed by atoms with van der Waals surface area (Å²) in [5, 5.41) is 2.95. The van der Waals surface area contributed by atoms with Gasteiger partial charge in [0.25, 0.3) is 0 Å². The van der Waals surface area contributed by atoms with Crippen LogP contribution < -0.4 is 16.0 Å². The van der Waals surface area contributed by atoms with Gasteiger partial charge in [0.15, 0.2) is 0 Å². The molecule has 8 heteroatoms. The van der Waals surface area contributed by atoms with Crippen LogP contribution in [0.3, 0.4) is 0 Å². The molecule has 0 radical (unpaired) electrons. The van der Waals surface area contributed by atoms with Crippen molar-refractivity contribution in [3.05, 3.63) is 58.6 Å². The summed E-state index contributed by atoms with van der Waals surface area (Å²) in [5.74, 6) is -0.938. The zero-order valence-corrected chi connectivity index (χ0v) is 18.7. The van der Waals surface area contributed by atoms with E-state index in [4.69, 9.17) is 5.73 Å². The molecule has 2 aliphatic heterocycles. The Hall–Kier alpha value is -2.71. The smallest absolute Gasteiger partial charge is 0.234 e. The lowest BCUT2D eigenvalue weighted by Gasteiger charge is -2.22. The molecule has 2 saturated heterocycles. The largest absolute Gasteiger partial charge is 0.368 e. The van der Waals surface area contributed by atoms with E-state index in [0.717, 1.165) is 35.1 Å².